The van der Waals surface area contributed by atoms with E-state index in [9.17, 15) is 0 Å². The molecule has 1 heterocycles. The van der Waals surface area contributed by atoms with Crippen molar-refractivity contribution in [2.45, 2.75) is 58.8 Å². The molecule has 21 heavy (non-hydrogen) atoms. The second-order valence-electron chi connectivity index (χ2n) is 5.63. The second kappa shape index (κ2) is 7.85. The summed E-state index contributed by atoms with van der Waals surface area (Å²) < 4.78 is 5.52. The van der Waals surface area contributed by atoms with Crippen LogP contribution in [0, 0.1) is 5.41 Å². The zero-order chi connectivity index (χ0) is 16.8. The number of anilines is 1. The van der Waals surface area contributed by atoms with Gasteiger partial charge in [0.25, 0.3) is 0 Å². The van der Waals surface area contributed by atoms with Gasteiger partial charge in [0.1, 0.15) is 5.82 Å². The molecule has 4 nitrogen and oxygen atoms in total. The molecule has 0 bridgehead atoms. The molecule has 1 aromatic heterocycles. The van der Waals surface area contributed by atoms with Crippen LogP contribution in [0.3, 0.4) is 0 Å². The summed E-state index contributed by atoms with van der Waals surface area (Å²) >= 11 is 4.54. The number of pyridine rings is 1. The second-order valence-corrected chi connectivity index (χ2v) is 6.75. The first-order valence-corrected chi connectivity index (χ1v) is 7.54. The quantitative estimate of drug-likeness (QED) is 0.445. The normalized spacial score (nSPS) is 11.4. The van der Waals surface area contributed by atoms with Gasteiger partial charge in [-0.1, -0.05) is 19.9 Å². The number of thiol groups is 1. The van der Waals surface area contributed by atoms with E-state index in [2.05, 4.69) is 17.6 Å². The summed E-state index contributed by atoms with van der Waals surface area (Å²) in [5.74, 6) is 0.360. The van der Waals surface area contributed by atoms with Crippen LogP contribution in [0.1, 0.15) is 54.0 Å². The highest BCUT2D eigenvalue weighted by atomic mass is 32.1. The summed E-state index contributed by atoms with van der Waals surface area (Å²) in [4.78, 5) is 4.07. The molecule has 117 valence electrons. The van der Waals surface area contributed by atoms with Crippen molar-refractivity contribution < 1.29 is 4.65 Å². The molecule has 0 aromatic carbocycles. The van der Waals surface area contributed by atoms with Gasteiger partial charge >= 0.3 is 7.48 Å². The summed E-state index contributed by atoms with van der Waals surface area (Å²) in [6, 6.07) is 1.80. The molecule has 3 N–H and O–H groups in total. The third kappa shape index (κ3) is 5.71. The summed E-state index contributed by atoms with van der Waals surface area (Å²) in [6.07, 6.45) is 1.63. The minimum absolute atomic E-state index is 0.287. The molecule has 1 aromatic rings. The maximum atomic E-state index is 7.64. The number of aromatic nitrogens is 1. The van der Waals surface area contributed by atoms with E-state index in [-0.39, 0.29) is 4.75 Å². The Hall–Kier alpha value is -1.01. The van der Waals surface area contributed by atoms with Crippen molar-refractivity contribution in [2.75, 3.05) is 5.73 Å². The van der Waals surface area contributed by atoms with Crippen molar-refractivity contribution in [3.63, 3.8) is 0 Å². The first-order chi connectivity index (χ1) is 9.54. The molecular weight excluding hydrogens is 281 g/mol. The molecule has 0 fully saturated rings. The van der Waals surface area contributed by atoms with E-state index in [0.717, 1.165) is 5.46 Å². The SMILES string of the molecule is CC.CC(=N)c1cc([B]OC(C)(C)C(C)(C)S)cnc1N. The molecule has 0 saturated carbocycles. The van der Waals surface area contributed by atoms with Crippen LogP contribution in [0.2, 0.25) is 0 Å². The Labute approximate surface area is 135 Å². The van der Waals surface area contributed by atoms with Gasteiger partial charge in [-0.05, 0) is 40.1 Å². The molecule has 0 unspecified atom stereocenters. The highest BCUT2D eigenvalue weighted by Crippen LogP contribution is 2.30. The van der Waals surface area contributed by atoms with Crippen LogP contribution in [-0.4, -0.2) is 28.5 Å². The molecule has 0 atom stereocenters. The summed E-state index contributed by atoms with van der Waals surface area (Å²) in [7, 11) is 1.64. The zero-order valence-corrected chi connectivity index (χ0v) is 15.0. The first-order valence-electron chi connectivity index (χ1n) is 7.09. The third-order valence-electron chi connectivity index (χ3n) is 3.31. The highest BCUT2D eigenvalue weighted by Gasteiger charge is 2.34. The van der Waals surface area contributed by atoms with Gasteiger partial charge in [0, 0.05) is 22.2 Å². The molecule has 0 aliphatic carbocycles. The van der Waals surface area contributed by atoms with Crippen molar-refractivity contribution in [3.8, 4) is 0 Å². The molecule has 6 heteroatoms. The minimum atomic E-state index is -0.433. The monoisotopic (exact) mass is 308 g/mol. The fourth-order valence-electron chi connectivity index (χ4n) is 1.22. The predicted molar refractivity (Wildman–Crippen MR) is 96.1 cm³/mol. The number of nitrogens with zero attached hydrogens (tertiary/aromatic N) is 1. The van der Waals surface area contributed by atoms with Gasteiger partial charge in [-0.2, -0.15) is 12.6 Å². The van der Waals surface area contributed by atoms with E-state index in [1.54, 1.807) is 26.7 Å². The van der Waals surface area contributed by atoms with Crippen molar-refractivity contribution in [3.05, 3.63) is 17.8 Å². The topological polar surface area (TPSA) is 72.0 Å². The molecule has 0 saturated heterocycles. The van der Waals surface area contributed by atoms with Crippen LogP contribution in [-0.2, 0) is 4.65 Å². The van der Waals surface area contributed by atoms with E-state index in [1.165, 1.54) is 0 Å². The molecule has 0 amide bonds. The fraction of sp³-hybridized carbons (Fsp3) is 0.600. The minimum Gasteiger partial charge on any atom is -0.428 e. The lowest BCUT2D eigenvalue weighted by Gasteiger charge is -2.38. The number of nitrogens with two attached hydrogens (primary N) is 1. The molecule has 0 spiro atoms. The first kappa shape index (κ1) is 20.0. The van der Waals surface area contributed by atoms with Crippen molar-refractivity contribution >= 4 is 37.1 Å². The Balaban J connectivity index is 0.00000191. The van der Waals surface area contributed by atoms with Gasteiger partial charge in [-0.3, -0.25) is 0 Å². The summed E-state index contributed by atoms with van der Waals surface area (Å²) in [5.41, 5.74) is 7.08. The van der Waals surface area contributed by atoms with Gasteiger partial charge in [0.2, 0.25) is 0 Å². The van der Waals surface area contributed by atoms with Crippen LogP contribution >= 0.6 is 12.6 Å². The van der Waals surface area contributed by atoms with E-state index < -0.39 is 5.60 Å². The van der Waals surface area contributed by atoms with Crippen molar-refractivity contribution in [2.24, 2.45) is 0 Å². The summed E-state index contributed by atoms with van der Waals surface area (Å²) in [5, 5.41) is 7.64. The molecular formula is C15H27BN3OS. The Morgan fingerprint density at radius 2 is 1.86 bits per heavy atom. The van der Waals surface area contributed by atoms with E-state index in [1.807, 2.05) is 41.5 Å². The highest BCUT2D eigenvalue weighted by molar-refractivity contribution is 7.81. The van der Waals surface area contributed by atoms with Crippen LogP contribution in [0.25, 0.3) is 0 Å². The van der Waals surface area contributed by atoms with Gasteiger partial charge in [-0.15, -0.1) is 0 Å². The average molecular weight is 308 g/mol. The largest absolute Gasteiger partial charge is 0.428 e. The lowest BCUT2D eigenvalue weighted by molar-refractivity contribution is 0.0854. The molecule has 0 aliphatic heterocycles. The van der Waals surface area contributed by atoms with Crippen molar-refractivity contribution in [1.29, 1.82) is 5.41 Å². The van der Waals surface area contributed by atoms with Crippen LogP contribution in [0.15, 0.2) is 12.3 Å². The lowest BCUT2D eigenvalue weighted by Crippen LogP contribution is -2.45. The van der Waals surface area contributed by atoms with Gasteiger partial charge in [0.05, 0.1) is 5.60 Å². The number of hydrogen-bond donors (Lipinski definition) is 3. The fourth-order valence-corrected chi connectivity index (χ4v) is 1.27. The van der Waals surface area contributed by atoms with Gasteiger partial charge in [-0.25, -0.2) is 4.98 Å². The Morgan fingerprint density at radius 1 is 1.33 bits per heavy atom. The van der Waals surface area contributed by atoms with E-state index in [0.29, 0.717) is 17.1 Å². The smallest absolute Gasteiger partial charge is 0.332 e. The van der Waals surface area contributed by atoms with Gasteiger partial charge in [0.15, 0.2) is 0 Å². The Kier molecular flexibility index (Phi) is 7.47. The predicted octanol–water partition coefficient (Wildman–Crippen LogP) is 2.83. The number of nitrogen functional groups attached to an aromatic ring is 1. The van der Waals surface area contributed by atoms with Crippen LogP contribution in [0.5, 0.6) is 0 Å². The van der Waals surface area contributed by atoms with Gasteiger partial charge < -0.3 is 15.8 Å². The molecule has 1 rings (SSSR count). The summed E-state index contributed by atoms with van der Waals surface area (Å²) in [6.45, 7) is 13.6. The molecule has 1 radical (unpaired) electrons. The standard InChI is InChI=1S/C13H21BN3OS.C2H6/c1-8(15)10-6-9(7-17-11(10)16)14-18-12(2,3)13(4,5)19;1-2/h6-7,15,19H,1-5H3,(H2,16,17);1-2H3. The van der Waals surface area contributed by atoms with Crippen LogP contribution in [0.4, 0.5) is 5.82 Å². The number of rotatable bonds is 5. The maximum absolute atomic E-state index is 7.64. The van der Waals surface area contributed by atoms with E-state index in [4.69, 9.17) is 15.8 Å². The third-order valence-corrected chi connectivity index (χ3v) is 3.85. The average Bonchev–Trinajstić information content (AvgIpc) is 2.38. The number of nitrogens with one attached hydrogen (secondary N) is 1. The number of hydrogen-bond acceptors (Lipinski definition) is 5. The molecule has 0 aliphatic rings. The lowest BCUT2D eigenvalue weighted by atomic mass is 9.84. The zero-order valence-electron chi connectivity index (χ0n) is 14.1. The Bertz CT molecular complexity index is 484. The van der Waals surface area contributed by atoms with E-state index >= 15 is 0 Å². The Morgan fingerprint density at radius 3 is 2.29 bits per heavy atom. The van der Waals surface area contributed by atoms with Crippen molar-refractivity contribution in [1.82, 2.24) is 4.98 Å². The van der Waals surface area contributed by atoms with Crippen LogP contribution < -0.4 is 11.2 Å². The maximum Gasteiger partial charge on any atom is 0.332 e.